The van der Waals surface area contributed by atoms with Gasteiger partial charge in [0, 0.05) is 49.1 Å². The fourth-order valence-corrected chi connectivity index (χ4v) is 5.84. The maximum atomic E-state index is 13.0. The van der Waals surface area contributed by atoms with Crippen LogP contribution in [0, 0.1) is 0 Å². The lowest BCUT2D eigenvalue weighted by Crippen LogP contribution is -2.28. The van der Waals surface area contributed by atoms with E-state index in [0.717, 1.165) is 18.5 Å². The maximum absolute atomic E-state index is 13.0. The number of carbonyl (C=O) groups excluding carboxylic acids is 2. The number of nitrogen functional groups attached to an aromatic ring is 1. The summed E-state index contributed by atoms with van der Waals surface area (Å²) in [5, 5.41) is 8.51. The van der Waals surface area contributed by atoms with E-state index >= 15 is 0 Å². The van der Waals surface area contributed by atoms with Crippen molar-refractivity contribution in [3.63, 3.8) is 0 Å². The highest BCUT2D eigenvalue weighted by atomic mass is 16.2. The molecule has 11 nitrogen and oxygen atoms in total. The normalized spacial score (nSPS) is 18.7. The van der Waals surface area contributed by atoms with Gasteiger partial charge in [0.2, 0.25) is 5.91 Å². The van der Waals surface area contributed by atoms with Crippen LogP contribution in [0.3, 0.4) is 0 Å². The number of nitrogens with two attached hydrogens (primary N) is 1. The number of carbonyl (C=O) groups is 2. The molecule has 220 valence electrons. The zero-order chi connectivity index (χ0) is 29.5. The molecule has 11 heteroatoms. The number of benzene rings is 1. The largest absolute Gasteiger partial charge is 0.383 e. The molecule has 7 rings (SSSR count). The van der Waals surface area contributed by atoms with Gasteiger partial charge in [-0.25, -0.2) is 19.6 Å². The third kappa shape index (κ3) is 5.72. The van der Waals surface area contributed by atoms with Crippen LogP contribution in [0.2, 0.25) is 0 Å². The van der Waals surface area contributed by atoms with Crippen molar-refractivity contribution in [3.05, 3.63) is 72.2 Å². The van der Waals surface area contributed by atoms with E-state index in [1.807, 2.05) is 39.9 Å². The number of hydrogen-bond donors (Lipinski definition) is 2. The van der Waals surface area contributed by atoms with Gasteiger partial charge in [0.1, 0.15) is 23.7 Å². The molecule has 3 aliphatic rings. The van der Waals surface area contributed by atoms with Crippen LogP contribution in [0.15, 0.2) is 61.1 Å². The number of rotatable bonds is 9. The van der Waals surface area contributed by atoms with Crippen LogP contribution in [0.4, 0.5) is 11.6 Å². The third-order valence-electron chi connectivity index (χ3n) is 8.66. The van der Waals surface area contributed by atoms with Gasteiger partial charge in [-0.1, -0.05) is 18.2 Å². The van der Waals surface area contributed by atoms with E-state index in [2.05, 4.69) is 32.2 Å². The van der Waals surface area contributed by atoms with E-state index in [1.54, 1.807) is 24.4 Å². The summed E-state index contributed by atoms with van der Waals surface area (Å²) in [6.07, 6.45) is 12.4. The van der Waals surface area contributed by atoms with Crippen LogP contribution in [-0.2, 0) is 4.79 Å². The number of hydrogen-bond acceptors (Lipinski definition) is 8. The van der Waals surface area contributed by atoms with Crippen LogP contribution in [-0.4, -0.2) is 79.1 Å². The SMILES string of the molecule is CN(CC=CC(=O)N1CC[C@@H](n2nc(-c3ccc(C(=O)Nc4cc(C5CC5)ccn4)cc3)c3c(N)ncnc32)C1)C1CC1. The van der Waals surface area contributed by atoms with E-state index in [-0.39, 0.29) is 17.9 Å². The molecule has 2 aliphatic carbocycles. The molecule has 2 saturated carbocycles. The van der Waals surface area contributed by atoms with Crippen molar-refractivity contribution in [3.8, 4) is 11.3 Å². The molecule has 1 atom stereocenters. The van der Waals surface area contributed by atoms with Crippen LogP contribution >= 0.6 is 0 Å². The summed E-state index contributed by atoms with van der Waals surface area (Å²) in [6, 6.07) is 11.8. The summed E-state index contributed by atoms with van der Waals surface area (Å²) >= 11 is 0. The number of fused-ring (bicyclic) bond motifs is 1. The molecule has 4 heterocycles. The molecule has 0 unspecified atom stereocenters. The van der Waals surface area contributed by atoms with Crippen LogP contribution in [0.5, 0.6) is 0 Å². The van der Waals surface area contributed by atoms with Crippen molar-refractivity contribution < 1.29 is 9.59 Å². The average molecular weight is 578 g/mol. The Kier molecular flexibility index (Phi) is 7.10. The molecular weight excluding hydrogens is 542 g/mol. The molecule has 1 aliphatic heterocycles. The molecule has 3 fully saturated rings. The van der Waals surface area contributed by atoms with E-state index in [9.17, 15) is 9.59 Å². The van der Waals surface area contributed by atoms with Gasteiger partial charge in [-0.15, -0.1) is 0 Å². The van der Waals surface area contributed by atoms with Crippen LogP contribution < -0.4 is 11.1 Å². The van der Waals surface area contributed by atoms with Gasteiger partial charge in [0.15, 0.2) is 5.65 Å². The van der Waals surface area contributed by atoms with E-state index < -0.39 is 0 Å². The van der Waals surface area contributed by atoms with Crippen molar-refractivity contribution in [2.75, 3.05) is 37.7 Å². The molecule has 0 spiro atoms. The van der Waals surface area contributed by atoms with Gasteiger partial charge in [0.25, 0.3) is 5.91 Å². The molecule has 4 aromatic rings. The Bertz CT molecular complexity index is 1710. The minimum atomic E-state index is -0.228. The summed E-state index contributed by atoms with van der Waals surface area (Å²) in [5.41, 5.74) is 10.1. The van der Waals surface area contributed by atoms with Gasteiger partial charge < -0.3 is 16.0 Å². The summed E-state index contributed by atoms with van der Waals surface area (Å²) < 4.78 is 1.87. The molecule has 1 saturated heterocycles. The Balaban J connectivity index is 1.08. The number of nitrogens with zero attached hydrogens (tertiary/aromatic N) is 7. The van der Waals surface area contributed by atoms with Gasteiger partial charge in [-0.05, 0) is 74.9 Å². The lowest BCUT2D eigenvalue weighted by molar-refractivity contribution is -0.125. The molecule has 1 aromatic carbocycles. The topological polar surface area (TPSA) is 135 Å². The van der Waals surface area contributed by atoms with Crippen molar-refractivity contribution >= 4 is 34.5 Å². The Morgan fingerprint density at radius 3 is 2.65 bits per heavy atom. The first-order valence-corrected chi connectivity index (χ1v) is 15.0. The quantitative estimate of drug-likeness (QED) is 0.285. The van der Waals surface area contributed by atoms with Crippen LogP contribution in [0.25, 0.3) is 22.3 Å². The fraction of sp³-hybridized carbons (Fsp3) is 0.375. The van der Waals surface area contributed by atoms with Crippen molar-refractivity contribution in [2.24, 2.45) is 0 Å². The number of likely N-dealkylation sites (N-methyl/N-ethyl adjacent to an activating group) is 1. The number of amides is 2. The Hall–Kier alpha value is -4.64. The predicted molar refractivity (Wildman–Crippen MR) is 164 cm³/mol. The van der Waals surface area contributed by atoms with Gasteiger partial charge in [0.05, 0.1) is 11.4 Å². The fourth-order valence-electron chi connectivity index (χ4n) is 5.84. The smallest absolute Gasteiger partial charge is 0.256 e. The summed E-state index contributed by atoms with van der Waals surface area (Å²) in [5.74, 6) is 1.26. The van der Waals surface area contributed by atoms with Crippen LogP contribution in [0.1, 0.15) is 60.0 Å². The molecule has 43 heavy (non-hydrogen) atoms. The first kappa shape index (κ1) is 27.2. The summed E-state index contributed by atoms with van der Waals surface area (Å²) in [6.45, 7) is 1.96. The summed E-state index contributed by atoms with van der Waals surface area (Å²) in [7, 11) is 2.10. The number of likely N-dealkylation sites (tertiary alicyclic amines) is 1. The molecule has 0 bridgehead atoms. The predicted octanol–water partition coefficient (Wildman–Crippen LogP) is 4.02. The van der Waals surface area contributed by atoms with Gasteiger partial charge in [-0.2, -0.15) is 5.10 Å². The Labute approximate surface area is 249 Å². The molecular formula is C32H35N9O2. The van der Waals surface area contributed by atoms with Crippen molar-refractivity contribution in [2.45, 2.75) is 50.1 Å². The van der Waals surface area contributed by atoms with Gasteiger partial charge >= 0.3 is 0 Å². The third-order valence-corrected chi connectivity index (χ3v) is 8.66. The lowest BCUT2D eigenvalue weighted by atomic mass is 10.1. The van der Waals surface area contributed by atoms with Crippen molar-refractivity contribution in [1.29, 1.82) is 0 Å². The monoisotopic (exact) mass is 577 g/mol. The van der Waals surface area contributed by atoms with E-state index in [4.69, 9.17) is 10.8 Å². The zero-order valence-corrected chi connectivity index (χ0v) is 24.2. The number of aromatic nitrogens is 5. The summed E-state index contributed by atoms with van der Waals surface area (Å²) in [4.78, 5) is 43.1. The first-order chi connectivity index (χ1) is 20.9. The molecule has 3 aromatic heterocycles. The standard InChI is InChI=1S/C32H35N9O2/c1-39(24-10-11-24)15-2-3-27(42)40-16-13-25(18-40)41-31-28(30(33)35-19-36-31)29(38-41)21-6-8-22(9-7-21)32(43)37-26-17-23(12-14-34-26)20-4-5-20/h2-3,6-9,12,14,17,19-20,24-25H,4-5,10-11,13,15-16,18H2,1H3,(H2,33,35,36)(H,34,37,43)/t25-/m1/s1. The Morgan fingerprint density at radius 2 is 1.88 bits per heavy atom. The highest BCUT2D eigenvalue weighted by Crippen LogP contribution is 2.40. The average Bonchev–Trinajstić information content (AvgIpc) is 3.95. The Morgan fingerprint density at radius 1 is 1.07 bits per heavy atom. The molecule has 0 radical (unpaired) electrons. The minimum absolute atomic E-state index is 0.0147. The van der Waals surface area contributed by atoms with E-state index in [1.165, 1.54) is 37.6 Å². The first-order valence-electron chi connectivity index (χ1n) is 15.0. The zero-order valence-electron chi connectivity index (χ0n) is 24.2. The second-order valence-electron chi connectivity index (χ2n) is 11.8. The number of anilines is 2. The minimum Gasteiger partial charge on any atom is -0.383 e. The second-order valence-corrected chi connectivity index (χ2v) is 11.8. The van der Waals surface area contributed by atoms with Crippen molar-refractivity contribution in [1.82, 2.24) is 34.5 Å². The highest BCUT2D eigenvalue weighted by Gasteiger charge is 2.31. The highest BCUT2D eigenvalue weighted by molar-refractivity contribution is 6.04. The number of pyridine rings is 1. The molecule has 3 N–H and O–H groups in total. The van der Waals surface area contributed by atoms with E-state index in [0.29, 0.717) is 59.0 Å². The maximum Gasteiger partial charge on any atom is 0.256 e. The van der Waals surface area contributed by atoms with Gasteiger partial charge in [-0.3, -0.25) is 14.5 Å². The lowest BCUT2D eigenvalue weighted by Gasteiger charge is -2.16. The molecule has 2 amide bonds. The second kappa shape index (κ2) is 11.2. The number of nitrogens with one attached hydrogen (secondary N) is 1.